The third-order valence-electron chi connectivity index (χ3n) is 7.50. The number of aromatic amines is 1. The Morgan fingerprint density at radius 3 is 2.38 bits per heavy atom. The number of amides is 2. The highest BCUT2D eigenvalue weighted by Crippen LogP contribution is 2.49. The number of aromatic nitrogens is 5. The van der Waals surface area contributed by atoms with Gasteiger partial charge in [0.1, 0.15) is 18.5 Å². The average molecular weight is 684 g/mol. The number of hydrogen-bond donors (Lipinski definition) is 3. The summed E-state index contributed by atoms with van der Waals surface area (Å²) in [5.74, 6) is -0.0641. The predicted octanol–water partition coefficient (Wildman–Crippen LogP) is 5.95. The smallest absolute Gasteiger partial charge is 0.411 e. The van der Waals surface area contributed by atoms with Crippen LogP contribution < -0.4 is 11.1 Å². The van der Waals surface area contributed by atoms with Crippen molar-refractivity contribution in [2.24, 2.45) is 16.1 Å². The van der Waals surface area contributed by atoms with E-state index in [1.807, 2.05) is 26.1 Å². The Balaban J connectivity index is 1.55. The van der Waals surface area contributed by atoms with Crippen molar-refractivity contribution in [3.05, 3.63) is 83.4 Å². The number of guanidine groups is 1. The largest absolute Gasteiger partial charge is 0.447 e. The molecule has 12 nitrogen and oxygen atoms in total. The first kappa shape index (κ1) is 34.3. The third-order valence-corrected chi connectivity index (χ3v) is 7.83. The van der Waals surface area contributed by atoms with Crippen molar-refractivity contribution < 1.29 is 27.5 Å². The van der Waals surface area contributed by atoms with Gasteiger partial charge in [-0.3, -0.25) is 19.8 Å². The molecule has 0 bridgehead atoms. The maximum atomic E-state index is 14.3. The quantitative estimate of drug-likeness (QED) is 0.144. The molecule has 1 saturated carbocycles. The van der Waals surface area contributed by atoms with Crippen LogP contribution in [-0.2, 0) is 4.74 Å². The molecule has 252 valence electrons. The van der Waals surface area contributed by atoms with E-state index in [4.69, 9.17) is 22.1 Å². The number of alkyl carbamates (subject to hydrolysis) is 1. The highest BCUT2D eigenvalue weighted by atomic mass is 35.5. The number of aliphatic imine (C=N–C) groups is 1. The summed E-state index contributed by atoms with van der Waals surface area (Å²) in [5.41, 5.74) is 5.47. The minimum absolute atomic E-state index is 0.191. The zero-order chi connectivity index (χ0) is 34.7. The van der Waals surface area contributed by atoms with Gasteiger partial charge >= 0.3 is 12.3 Å². The molecule has 2 aromatic heterocycles. The molecule has 0 aliphatic heterocycles. The summed E-state index contributed by atoms with van der Waals surface area (Å²) in [6.45, 7) is 5.43. The van der Waals surface area contributed by atoms with Crippen LogP contribution in [0.4, 0.5) is 18.0 Å². The Labute approximate surface area is 279 Å². The molecular weight excluding hydrogens is 651 g/mol. The summed E-state index contributed by atoms with van der Waals surface area (Å²) in [4.78, 5) is 45.4. The van der Waals surface area contributed by atoms with E-state index >= 15 is 0 Å². The monoisotopic (exact) mass is 683 g/mol. The Kier molecular flexibility index (Phi) is 9.71. The molecule has 1 atom stereocenters. The van der Waals surface area contributed by atoms with Crippen LogP contribution in [0.15, 0.2) is 72.2 Å². The van der Waals surface area contributed by atoms with Crippen molar-refractivity contribution in [2.75, 3.05) is 13.2 Å². The van der Waals surface area contributed by atoms with Crippen molar-refractivity contribution in [3.63, 3.8) is 0 Å². The minimum Gasteiger partial charge on any atom is -0.447 e. The highest BCUT2D eigenvalue weighted by Gasteiger charge is 2.64. The van der Waals surface area contributed by atoms with Gasteiger partial charge in [-0.15, -0.1) is 0 Å². The van der Waals surface area contributed by atoms with Crippen molar-refractivity contribution in [1.82, 2.24) is 35.4 Å². The molecule has 0 saturated heterocycles. The van der Waals surface area contributed by atoms with Gasteiger partial charge in [0.2, 0.25) is 0 Å². The molecule has 1 aliphatic rings. The number of nitrogens with two attached hydrogens (primary N) is 1. The molecule has 0 spiro atoms. The Hall–Kier alpha value is -5.05. The van der Waals surface area contributed by atoms with Crippen molar-refractivity contribution in [1.29, 1.82) is 0 Å². The number of benzene rings is 2. The van der Waals surface area contributed by atoms with E-state index in [1.54, 1.807) is 60.9 Å². The van der Waals surface area contributed by atoms with E-state index in [-0.39, 0.29) is 36.3 Å². The lowest BCUT2D eigenvalue weighted by Crippen LogP contribution is -2.49. The Bertz CT molecular complexity index is 1770. The van der Waals surface area contributed by atoms with Crippen LogP contribution in [-0.4, -0.2) is 72.9 Å². The first-order valence-electron chi connectivity index (χ1n) is 14.9. The van der Waals surface area contributed by atoms with Crippen LogP contribution in [0.25, 0.3) is 22.8 Å². The molecule has 0 radical (unpaired) electrons. The minimum atomic E-state index is -4.66. The predicted molar refractivity (Wildman–Crippen MR) is 172 cm³/mol. The van der Waals surface area contributed by atoms with Gasteiger partial charge in [0.25, 0.3) is 5.91 Å². The fourth-order valence-corrected chi connectivity index (χ4v) is 4.93. The molecule has 4 N–H and O–H groups in total. The second kappa shape index (κ2) is 13.6. The van der Waals surface area contributed by atoms with Crippen LogP contribution in [0.3, 0.4) is 0 Å². The average Bonchev–Trinajstić information content (AvgIpc) is 3.64. The van der Waals surface area contributed by atoms with E-state index in [0.717, 1.165) is 4.90 Å². The van der Waals surface area contributed by atoms with E-state index in [2.05, 4.69) is 30.1 Å². The molecule has 16 heteroatoms. The molecule has 2 amide bonds. The van der Waals surface area contributed by atoms with E-state index < -0.39 is 36.4 Å². The zero-order valence-electron chi connectivity index (χ0n) is 26.3. The van der Waals surface area contributed by atoms with Crippen LogP contribution in [0.1, 0.15) is 55.6 Å². The van der Waals surface area contributed by atoms with Gasteiger partial charge in [-0.05, 0) is 54.2 Å². The lowest BCUT2D eigenvalue weighted by atomic mass is 9.97. The third kappa shape index (κ3) is 7.90. The maximum absolute atomic E-state index is 14.3. The number of carbonyl (C=O) groups excluding carboxylic acids is 2. The fraction of sp³-hybridized carbons (Fsp3) is 0.344. The first-order chi connectivity index (χ1) is 22.7. The SMILES string of the molecule is CC(C)(C)CN=C(N)N(C(=O)c1ccc(-c2ncccn2)cc1)[C@H](COC(=O)NC1(C(F)(F)F)CC1)c1ccc(Cl)c(-c2ncn[nH]2)c1. The van der Waals surface area contributed by atoms with Gasteiger partial charge in [0, 0.05) is 35.6 Å². The fourth-order valence-electron chi connectivity index (χ4n) is 4.73. The Morgan fingerprint density at radius 2 is 1.79 bits per heavy atom. The number of hydrogen-bond acceptors (Lipinski definition) is 8. The molecule has 1 aliphatic carbocycles. The zero-order valence-corrected chi connectivity index (χ0v) is 27.0. The topological polar surface area (TPSA) is 164 Å². The summed E-state index contributed by atoms with van der Waals surface area (Å²) in [6, 6.07) is 11.7. The van der Waals surface area contributed by atoms with Crippen molar-refractivity contribution in [2.45, 2.75) is 51.4 Å². The molecular formula is C32H33ClF3N9O3. The van der Waals surface area contributed by atoms with Crippen LogP contribution in [0, 0.1) is 5.41 Å². The van der Waals surface area contributed by atoms with E-state index in [9.17, 15) is 22.8 Å². The molecule has 48 heavy (non-hydrogen) atoms. The lowest BCUT2D eigenvalue weighted by molar-refractivity contribution is -0.164. The second-order valence-electron chi connectivity index (χ2n) is 12.5. The summed E-state index contributed by atoms with van der Waals surface area (Å²) < 4.78 is 46.2. The number of ether oxygens (including phenoxy) is 1. The van der Waals surface area contributed by atoms with Gasteiger partial charge in [-0.2, -0.15) is 18.3 Å². The van der Waals surface area contributed by atoms with E-state index in [1.165, 1.54) is 6.33 Å². The maximum Gasteiger partial charge on any atom is 0.411 e. The van der Waals surface area contributed by atoms with Crippen molar-refractivity contribution in [3.8, 4) is 22.8 Å². The summed E-state index contributed by atoms with van der Waals surface area (Å²) >= 11 is 6.48. The van der Waals surface area contributed by atoms with Gasteiger partial charge in [-0.25, -0.2) is 19.7 Å². The Morgan fingerprint density at radius 1 is 1.10 bits per heavy atom. The number of alkyl halides is 3. The molecule has 1 fully saturated rings. The van der Waals surface area contributed by atoms with Crippen LogP contribution >= 0.6 is 11.6 Å². The highest BCUT2D eigenvalue weighted by molar-refractivity contribution is 6.33. The molecule has 0 unspecified atom stereocenters. The molecule has 2 heterocycles. The number of halogens is 4. The summed E-state index contributed by atoms with van der Waals surface area (Å²) in [5, 5.41) is 8.83. The van der Waals surface area contributed by atoms with E-state index in [0.29, 0.717) is 33.4 Å². The van der Waals surface area contributed by atoms with Gasteiger partial charge in [0.05, 0.1) is 11.1 Å². The number of nitrogens with zero attached hydrogens (tertiary/aromatic N) is 6. The summed E-state index contributed by atoms with van der Waals surface area (Å²) in [6.07, 6.45) is -2.03. The van der Waals surface area contributed by atoms with Gasteiger partial charge < -0.3 is 15.8 Å². The normalized spacial score (nSPS) is 15.0. The van der Waals surface area contributed by atoms with Gasteiger partial charge in [0.15, 0.2) is 17.6 Å². The van der Waals surface area contributed by atoms with Crippen molar-refractivity contribution >= 4 is 29.6 Å². The molecule has 5 rings (SSSR count). The van der Waals surface area contributed by atoms with Crippen LogP contribution in [0.5, 0.6) is 0 Å². The number of rotatable bonds is 9. The summed E-state index contributed by atoms with van der Waals surface area (Å²) in [7, 11) is 0. The number of nitrogens with one attached hydrogen (secondary N) is 2. The first-order valence-corrected chi connectivity index (χ1v) is 15.2. The number of carbonyl (C=O) groups is 2. The standard InChI is InChI=1S/C32H33ClF3N9O3/c1-30(2,3)17-40-28(37)45(27(46)20-7-5-19(6-8-20)25-38-13-4-14-39-25)24(16-48-29(47)43-31(11-12-31)32(34,35)36)21-9-10-23(33)22(15-21)26-41-18-42-44-26/h4-10,13-15,18,24H,11-12,16-17H2,1-3H3,(H2,37,40)(H,43,47)(H,41,42,44)/t24-/m1/s1. The molecule has 4 aromatic rings. The number of H-pyrrole nitrogens is 1. The van der Waals surface area contributed by atoms with Gasteiger partial charge in [-0.1, -0.05) is 50.6 Å². The van der Waals surface area contributed by atoms with Crippen LogP contribution in [0.2, 0.25) is 5.02 Å². The second-order valence-corrected chi connectivity index (χ2v) is 12.9. The molecule has 2 aromatic carbocycles. The lowest BCUT2D eigenvalue weighted by Gasteiger charge is -2.32.